The minimum atomic E-state index is -1.11. The summed E-state index contributed by atoms with van der Waals surface area (Å²) in [4.78, 5) is 25.7. The van der Waals surface area contributed by atoms with Gasteiger partial charge in [-0.25, -0.2) is 0 Å². The van der Waals surface area contributed by atoms with Gasteiger partial charge in [0.15, 0.2) is 5.41 Å². The van der Waals surface area contributed by atoms with Gasteiger partial charge in [-0.15, -0.1) is 0 Å². The zero-order valence-corrected chi connectivity index (χ0v) is 17.0. The molecule has 0 aromatic rings. The summed E-state index contributed by atoms with van der Waals surface area (Å²) in [6.07, 6.45) is 10.9. The molecule has 0 fully saturated rings. The molecule has 0 heterocycles. The molecule has 4 heteroatoms. The summed E-state index contributed by atoms with van der Waals surface area (Å²) in [5.74, 6) is -0.744. The lowest BCUT2D eigenvalue weighted by Gasteiger charge is -2.29. The first-order valence-electron chi connectivity index (χ1n) is 10.4. The van der Waals surface area contributed by atoms with Crippen LogP contribution in [0, 0.1) is 5.41 Å². The molecule has 0 rings (SSSR count). The first-order chi connectivity index (χ1) is 12.1. The van der Waals surface area contributed by atoms with Crippen LogP contribution in [-0.2, 0) is 19.1 Å². The topological polar surface area (TPSA) is 52.6 Å². The molecule has 0 aromatic heterocycles. The van der Waals surface area contributed by atoms with Crippen molar-refractivity contribution in [2.45, 2.75) is 105 Å². The number of ether oxygens (including phenoxy) is 2. The molecular formula is C21H40O4. The third kappa shape index (κ3) is 9.27. The number of unbranched alkanes of at least 4 members (excludes halogenated alkanes) is 6. The Morgan fingerprint density at radius 3 is 1.32 bits per heavy atom. The van der Waals surface area contributed by atoms with Gasteiger partial charge < -0.3 is 9.47 Å². The smallest absolute Gasteiger partial charge is 0.323 e. The predicted molar refractivity (Wildman–Crippen MR) is 102 cm³/mol. The zero-order valence-electron chi connectivity index (χ0n) is 17.0. The van der Waals surface area contributed by atoms with Crippen LogP contribution in [0.2, 0.25) is 0 Å². The highest BCUT2D eigenvalue weighted by Gasteiger charge is 2.47. The van der Waals surface area contributed by atoms with Gasteiger partial charge in [0.2, 0.25) is 0 Å². The van der Waals surface area contributed by atoms with Crippen molar-refractivity contribution in [2.24, 2.45) is 5.41 Å². The van der Waals surface area contributed by atoms with Crippen molar-refractivity contribution in [1.82, 2.24) is 0 Å². The number of esters is 2. The minimum absolute atomic E-state index is 0.367. The molecule has 0 spiro atoms. The van der Waals surface area contributed by atoms with Crippen molar-refractivity contribution in [1.29, 1.82) is 0 Å². The highest BCUT2D eigenvalue weighted by molar-refractivity contribution is 6.00. The third-order valence-corrected chi connectivity index (χ3v) is 4.57. The van der Waals surface area contributed by atoms with Crippen molar-refractivity contribution < 1.29 is 19.1 Å². The Balaban J connectivity index is 5.19. The van der Waals surface area contributed by atoms with Crippen LogP contribution >= 0.6 is 0 Å². The van der Waals surface area contributed by atoms with Crippen LogP contribution < -0.4 is 0 Å². The summed E-state index contributed by atoms with van der Waals surface area (Å²) in [6, 6.07) is 0. The number of carbonyl (C=O) groups is 2. The van der Waals surface area contributed by atoms with Crippen LogP contribution in [0.4, 0.5) is 0 Å². The summed E-state index contributed by atoms with van der Waals surface area (Å²) in [6.45, 7) is 8.98. The lowest BCUT2D eigenvalue weighted by atomic mass is 9.77. The molecule has 0 saturated carbocycles. The van der Waals surface area contributed by atoms with Gasteiger partial charge in [0.1, 0.15) is 0 Å². The summed E-state index contributed by atoms with van der Waals surface area (Å²) in [5.41, 5.74) is -1.11. The van der Waals surface area contributed by atoms with E-state index >= 15 is 0 Å². The van der Waals surface area contributed by atoms with Crippen molar-refractivity contribution in [3.05, 3.63) is 0 Å². The minimum Gasteiger partial charge on any atom is -0.465 e. The average molecular weight is 357 g/mol. The van der Waals surface area contributed by atoms with Gasteiger partial charge in [0, 0.05) is 0 Å². The number of carbonyl (C=O) groups excluding carboxylic acids is 2. The Morgan fingerprint density at radius 2 is 1.00 bits per heavy atom. The molecule has 25 heavy (non-hydrogen) atoms. The first kappa shape index (κ1) is 23.9. The van der Waals surface area contributed by atoms with Crippen molar-refractivity contribution in [3.63, 3.8) is 0 Å². The molecule has 0 aliphatic heterocycles. The Hall–Kier alpha value is -1.06. The second kappa shape index (κ2) is 15.2. The number of hydrogen-bond acceptors (Lipinski definition) is 4. The van der Waals surface area contributed by atoms with Crippen molar-refractivity contribution >= 4 is 11.9 Å². The molecule has 0 amide bonds. The Kier molecular flexibility index (Phi) is 14.6. The van der Waals surface area contributed by atoms with Crippen LogP contribution in [0.1, 0.15) is 105 Å². The maximum absolute atomic E-state index is 12.8. The second-order valence-electron chi connectivity index (χ2n) is 6.98. The van der Waals surface area contributed by atoms with Crippen LogP contribution in [-0.4, -0.2) is 25.2 Å². The van der Waals surface area contributed by atoms with Crippen LogP contribution in [0.25, 0.3) is 0 Å². The molecule has 4 nitrogen and oxygen atoms in total. The molecule has 0 aliphatic rings. The highest BCUT2D eigenvalue weighted by Crippen LogP contribution is 2.35. The van der Waals surface area contributed by atoms with E-state index in [0.717, 1.165) is 64.2 Å². The Morgan fingerprint density at radius 1 is 0.600 bits per heavy atom. The Bertz CT molecular complexity index is 318. The van der Waals surface area contributed by atoms with E-state index in [0.29, 0.717) is 26.1 Å². The van der Waals surface area contributed by atoms with E-state index in [-0.39, 0.29) is 11.9 Å². The van der Waals surface area contributed by atoms with E-state index in [4.69, 9.17) is 9.47 Å². The van der Waals surface area contributed by atoms with Gasteiger partial charge >= 0.3 is 11.9 Å². The summed E-state index contributed by atoms with van der Waals surface area (Å²) in [5, 5.41) is 0. The van der Waals surface area contributed by atoms with E-state index in [1.165, 1.54) is 0 Å². The van der Waals surface area contributed by atoms with E-state index < -0.39 is 5.41 Å². The van der Waals surface area contributed by atoms with Gasteiger partial charge in [-0.2, -0.15) is 0 Å². The third-order valence-electron chi connectivity index (χ3n) is 4.57. The van der Waals surface area contributed by atoms with Crippen LogP contribution in [0.15, 0.2) is 0 Å². The fourth-order valence-electron chi connectivity index (χ4n) is 2.99. The molecule has 0 unspecified atom stereocenters. The number of hydrogen-bond donors (Lipinski definition) is 0. The predicted octanol–water partition coefficient (Wildman–Crippen LogP) is 5.82. The SMILES string of the molecule is CCCCCCC(CCCCCC)(C(=O)OCCC)C(=O)OCCC. The highest BCUT2D eigenvalue weighted by atomic mass is 16.6. The molecule has 0 N–H and O–H groups in total. The fourth-order valence-corrected chi connectivity index (χ4v) is 2.99. The number of rotatable bonds is 16. The van der Waals surface area contributed by atoms with E-state index in [1.807, 2.05) is 13.8 Å². The van der Waals surface area contributed by atoms with E-state index in [2.05, 4.69) is 13.8 Å². The van der Waals surface area contributed by atoms with Gasteiger partial charge in [-0.1, -0.05) is 79.1 Å². The standard InChI is InChI=1S/C21H40O4/c1-5-9-11-13-15-21(16-14-12-10-6-2,19(22)24-17-7-3)20(23)25-18-8-4/h5-18H2,1-4H3. The van der Waals surface area contributed by atoms with Crippen molar-refractivity contribution in [3.8, 4) is 0 Å². The van der Waals surface area contributed by atoms with Gasteiger partial charge in [0.25, 0.3) is 0 Å². The maximum Gasteiger partial charge on any atom is 0.323 e. The van der Waals surface area contributed by atoms with E-state index in [9.17, 15) is 9.59 Å². The fraction of sp³-hybridized carbons (Fsp3) is 0.905. The molecule has 0 radical (unpaired) electrons. The largest absolute Gasteiger partial charge is 0.465 e. The molecule has 148 valence electrons. The van der Waals surface area contributed by atoms with E-state index in [1.54, 1.807) is 0 Å². The van der Waals surface area contributed by atoms with Crippen LogP contribution in [0.3, 0.4) is 0 Å². The molecule has 0 saturated heterocycles. The molecule has 0 aromatic carbocycles. The van der Waals surface area contributed by atoms with Crippen LogP contribution in [0.5, 0.6) is 0 Å². The van der Waals surface area contributed by atoms with Crippen molar-refractivity contribution in [2.75, 3.05) is 13.2 Å². The quantitative estimate of drug-likeness (QED) is 0.199. The maximum atomic E-state index is 12.8. The zero-order chi connectivity index (χ0) is 19.0. The molecular weight excluding hydrogens is 316 g/mol. The summed E-state index contributed by atoms with van der Waals surface area (Å²) >= 11 is 0. The lowest BCUT2D eigenvalue weighted by Crippen LogP contribution is -2.42. The van der Waals surface area contributed by atoms with Gasteiger partial charge in [-0.05, 0) is 25.7 Å². The average Bonchev–Trinajstić information content (AvgIpc) is 2.62. The summed E-state index contributed by atoms with van der Waals surface area (Å²) in [7, 11) is 0. The Labute approximate surface area is 155 Å². The first-order valence-corrected chi connectivity index (χ1v) is 10.4. The second-order valence-corrected chi connectivity index (χ2v) is 6.98. The molecule has 0 atom stereocenters. The monoisotopic (exact) mass is 356 g/mol. The summed E-state index contributed by atoms with van der Waals surface area (Å²) < 4.78 is 10.9. The normalized spacial score (nSPS) is 11.4. The molecule has 0 bridgehead atoms. The lowest BCUT2D eigenvalue weighted by molar-refractivity contribution is -0.174. The molecule has 0 aliphatic carbocycles. The van der Waals surface area contributed by atoms with Gasteiger partial charge in [-0.3, -0.25) is 9.59 Å². The van der Waals surface area contributed by atoms with Gasteiger partial charge in [0.05, 0.1) is 13.2 Å².